The maximum Gasteiger partial charge on any atom is 0.0126 e. The molecule has 1 fully saturated rings. The molecular formula is C12H28N4. The van der Waals surface area contributed by atoms with Gasteiger partial charge in [0.05, 0.1) is 0 Å². The van der Waals surface area contributed by atoms with E-state index in [1.807, 2.05) is 0 Å². The predicted molar refractivity (Wildman–Crippen MR) is 69.9 cm³/mol. The van der Waals surface area contributed by atoms with Crippen molar-refractivity contribution in [2.24, 2.45) is 0 Å². The number of nitrogens with one attached hydrogen (secondary N) is 3. The van der Waals surface area contributed by atoms with Crippen molar-refractivity contribution in [3.63, 3.8) is 0 Å². The summed E-state index contributed by atoms with van der Waals surface area (Å²) < 4.78 is 0. The molecule has 3 N–H and O–H groups in total. The first-order valence-electron chi connectivity index (χ1n) is 6.48. The summed E-state index contributed by atoms with van der Waals surface area (Å²) in [5.74, 6) is 0. The molecule has 0 aliphatic carbocycles. The molecule has 1 saturated heterocycles. The number of nitrogens with zero attached hydrogens (tertiary/aromatic N) is 1. The maximum absolute atomic E-state index is 3.48. The van der Waals surface area contributed by atoms with Crippen molar-refractivity contribution < 1.29 is 0 Å². The largest absolute Gasteiger partial charge is 0.314 e. The molecule has 0 saturated carbocycles. The van der Waals surface area contributed by atoms with Crippen LogP contribution in [-0.4, -0.2) is 62.8 Å². The van der Waals surface area contributed by atoms with Crippen molar-refractivity contribution >= 4 is 0 Å². The molecule has 4 heteroatoms. The second-order valence-corrected chi connectivity index (χ2v) is 5.41. The zero-order valence-corrected chi connectivity index (χ0v) is 11.1. The van der Waals surface area contributed by atoms with Gasteiger partial charge >= 0.3 is 0 Å². The zero-order valence-electron chi connectivity index (χ0n) is 11.1. The number of rotatable bonds is 0. The Morgan fingerprint density at radius 1 is 0.688 bits per heavy atom. The van der Waals surface area contributed by atoms with E-state index in [0.717, 1.165) is 52.4 Å². The van der Waals surface area contributed by atoms with E-state index in [4.69, 9.17) is 0 Å². The molecule has 1 rings (SSSR count). The minimum Gasteiger partial charge on any atom is -0.314 e. The van der Waals surface area contributed by atoms with Crippen molar-refractivity contribution in [1.82, 2.24) is 20.9 Å². The minimum atomic E-state index is 0.270. The fourth-order valence-corrected chi connectivity index (χ4v) is 1.94. The van der Waals surface area contributed by atoms with Gasteiger partial charge in [-0.15, -0.1) is 0 Å². The predicted octanol–water partition coefficient (Wildman–Crippen LogP) is -0.131. The molecule has 0 radical (unpaired) electrons. The highest BCUT2D eigenvalue weighted by molar-refractivity contribution is 4.77. The van der Waals surface area contributed by atoms with Crippen LogP contribution in [0.3, 0.4) is 0 Å². The van der Waals surface area contributed by atoms with Crippen LogP contribution >= 0.6 is 0 Å². The third kappa shape index (κ3) is 5.80. The van der Waals surface area contributed by atoms with E-state index in [-0.39, 0.29) is 5.54 Å². The lowest BCUT2D eigenvalue weighted by molar-refractivity contribution is 0.138. The van der Waals surface area contributed by atoms with Gasteiger partial charge in [0.25, 0.3) is 0 Å². The Balaban J connectivity index is 2.36. The molecule has 0 aromatic carbocycles. The first-order chi connectivity index (χ1) is 7.61. The normalized spacial score (nSPS) is 23.4. The van der Waals surface area contributed by atoms with Gasteiger partial charge in [-0.1, -0.05) is 0 Å². The summed E-state index contributed by atoms with van der Waals surface area (Å²) in [7, 11) is 0. The van der Waals surface area contributed by atoms with Crippen LogP contribution in [0.1, 0.15) is 20.8 Å². The second-order valence-electron chi connectivity index (χ2n) is 5.41. The van der Waals surface area contributed by atoms with Crippen LogP contribution in [0.5, 0.6) is 0 Å². The molecule has 0 atom stereocenters. The molecule has 0 amide bonds. The first kappa shape index (κ1) is 13.9. The average Bonchev–Trinajstić information content (AvgIpc) is 2.16. The van der Waals surface area contributed by atoms with Gasteiger partial charge in [-0.2, -0.15) is 0 Å². The van der Waals surface area contributed by atoms with Crippen molar-refractivity contribution in [2.75, 3.05) is 52.4 Å². The lowest BCUT2D eigenvalue weighted by Gasteiger charge is -2.36. The summed E-state index contributed by atoms with van der Waals surface area (Å²) in [4.78, 5) is 2.54. The van der Waals surface area contributed by atoms with Crippen LogP contribution < -0.4 is 16.0 Å². The molecule has 4 nitrogen and oxygen atoms in total. The van der Waals surface area contributed by atoms with Gasteiger partial charge < -0.3 is 16.0 Å². The van der Waals surface area contributed by atoms with Crippen LogP contribution in [0.15, 0.2) is 0 Å². The van der Waals surface area contributed by atoms with Gasteiger partial charge in [0, 0.05) is 57.9 Å². The molecule has 0 bridgehead atoms. The third-order valence-corrected chi connectivity index (χ3v) is 3.02. The topological polar surface area (TPSA) is 39.3 Å². The van der Waals surface area contributed by atoms with Gasteiger partial charge in [-0.25, -0.2) is 0 Å². The summed E-state index contributed by atoms with van der Waals surface area (Å²) in [6, 6.07) is 0. The smallest absolute Gasteiger partial charge is 0.0126 e. The van der Waals surface area contributed by atoms with E-state index in [0.29, 0.717) is 0 Å². The van der Waals surface area contributed by atoms with E-state index < -0.39 is 0 Å². The van der Waals surface area contributed by atoms with E-state index >= 15 is 0 Å². The second kappa shape index (κ2) is 7.22. The highest BCUT2D eigenvalue weighted by Gasteiger charge is 2.19. The average molecular weight is 228 g/mol. The summed E-state index contributed by atoms with van der Waals surface area (Å²) in [5.41, 5.74) is 0.270. The molecule has 1 aliphatic heterocycles. The maximum atomic E-state index is 3.48. The lowest BCUT2D eigenvalue weighted by atomic mass is 10.1. The van der Waals surface area contributed by atoms with Crippen LogP contribution in [0.25, 0.3) is 0 Å². The van der Waals surface area contributed by atoms with Crippen LogP contribution in [0.4, 0.5) is 0 Å². The Hall–Kier alpha value is -0.160. The summed E-state index contributed by atoms with van der Waals surface area (Å²) >= 11 is 0. The number of hydrogen-bond donors (Lipinski definition) is 3. The zero-order chi connectivity index (χ0) is 11.9. The molecule has 16 heavy (non-hydrogen) atoms. The lowest BCUT2D eigenvalue weighted by Crippen LogP contribution is -2.49. The van der Waals surface area contributed by atoms with Gasteiger partial charge in [-0.05, 0) is 20.8 Å². The molecule has 1 aliphatic rings. The Kier molecular flexibility index (Phi) is 6.28. The van der Waals surface area contributed by atoms with Gasteiger partial charge in [0.1, 0.15) is 0 Å². The van der Waals surface area contributed by atoms with E-state index in [2.05, 4.69) is 41.6 Å². The Morgan fingerprint density at radius 2 is 1.06 bits per heavy atom. The van der Waals surface area contributed by atoms with E-state index in [1.54, 1.807) is 0 Å². The van der Waals surface area contributed by atoms with Crippen LogP contribution in [0, 0.1) is 0 Å². The first-order valence-corrected chi connectivity index (χ1v) is 6.48. The summed E-state index contributed by atoms with van der Waals surface area (Å²) in [6.07, 6.45) is 0. The molecule has 0 aromatic rings. The molecule has 96 valence electrons. The van der Waals surface area contributed by atoms with Crippen LogP contribution in [0.2, 0.25) is 0 Å². The Morgan fingerprint density at radius 3 is 1.44 bits per heavy atom. The van der Waals surface area contributed by atoms with Gasteiger partial charge in [-0.3, -0.25) is 4.90 Å². The molecule has 0 spiro atoms. The van der Waals surface area contributed by atoms with Crippen molar-refractivity contribution in [2.45, 2.75) is 26.3 Å². The SMILES string of the molecule is CC(C)(C)N1CCNCCNCCNCC1. The van der Waals surface area contributed by atoms with Crippen LogP contribution in [-0.2, 0) is 0 Å². The molecule has 1 heterocycles. The standard InChI is InChI=1S/C12H28N4/c1-12(2,3)16-10-8-14-6-4-13-5-7-15-9-11-16/h13-15H,4-11H2,1-3H3. The fraction of sp³-hybridized carbons (Fsp3) is 1.00. The van der Waals surface area contributed by atoms with Crippen molar-refractivity contribution in [3.05, 3.63) is 0 Å². The monoisotopic (exact) mass is 228 g/mol. The van der Waals surface area contributed by atoms with Gasteiger partial charge in [0.15, 0.2) is 0 Å². The van der Waals surface area contributed by atoms with Crippen molar-refractivity contribution in [1.29, 1.82) is 0 Å². The quantitative estimate of drug-likeness (QED) is 0.540. The van der Waals surface area contributed by atoms with Gasteiger partial charge in [0.2, 0.25) is 0 Å². The van der Waals surface area contributed by atoms with E-state index in [9.17, 15) is 0 Å². The highest BCUT2D eigenvalue weighted by atomic mass is 15.2. The minimum absolute atomic E-state index is 0.270. The molecule has 0 aromatic heterocycles. The molecular weight excluding hydrogens is 200 g/mol. The highest BCUT2D eigenvalue weighted by Crippen LogP contribution is 2.11. The third-order valence-electron chi connectivity index (χ3n) is 3.02. The number of hydrogen-bond acceptors (Lipinski definition) is 4. The Bertz CT molecular complexity index is 164. The fourth-order valence-electron chi connectivity index (χ4n) is 1.94. The summed E-state index contributed by atoms with van der Waals surface area (Å²) in [5, 5.41) is 10.4. The molecule has 0 unspecified atom stereocenters. The van der Waals surface area contributed by atoms with Crippen molar-refractivity contribution in [3.8, 4) is 0 Å². The van der Waals surface area contributed by atoms with E-state index in [1.165, 1.54) is 0 Å². The Labute approximate surface area is 100 Å². The summed E-state index contributed by atoms with van der Waals surface area (Å²) in [6.45, 7) is 15.6.